The second kappa shape index (κ2) is 3.79. The first-order valence-electron chi connectivity index (χ1n) is 4.73. The summed E-state index contributed by atoms with van der Waals surface area (Å²) in [4.78, 5) is 10.4. The molecule has 1 aromatic rings. The third-order valence-corrected chi connectivity index (χ3v) is 2.35. The number of rotatable bonds is 2. The number of nitrogens with zero attached hydrogens (tertiary/aromatic N) is 3. The summed E-state index contributed by atoms with van der Waals surface area (Å²) in [7, 11) is 1.79. The Bertz CT molecular complexity index is 317. The fraction of sp³-hybridized carbons (Fsp3) is 0.556. The van der Waals surface area contributed by atoms with Gasteiger partial charge in [0, 0.05) is 26.3 Å². The fourth-order valence-corrected chi connectivity index (χ4v) is 1.60. The van der Waals surface area contributed by atoms with Crippen molar-refractivity contribution >= 4 is 11.8 Å². The molecule has 5 nitrogen and oxygen atoms in total. The van der Waals surface area contributed by atoms with Crippen LogP contribution in [0.15, 0.2) is 12.3 Å². The molecule has 1 aliphatic rings. The smallest absolute Gasteiger partial charge is 0.224 e. The van der Waals surface area contributed by atoms with Gasteiger partial charge in [-0.15, -0.1) is 0 Å². The van der Waals surface area contributed by atoms with Gasteiger partial charge in [-0.2, -0.15) is 4.98 Å². The van der Waals surface area contributed by atoms with E-state index in [4.69, 9.17) is 0 Å². The van der Waals surface area contributed by atoms with Gasteiger partial charge in [-0.05, 0) is 12.5 Å². The summed E-state index contributed by atoms with van der Waals surface area (Å²) in [6.45, 7) is 1.53. The van der Waals surface area contributed by atoms with Crippen LogP contribution in [0.5, 0.6) is 0 Å². The first-order valence-corrected chi connectivity index (χ1v) is 4.73. The number of aliphatic hydroxyl groups is 1. The van der Waals surface area contributed by atoms with E-state index in [1.54, 1.807) is 13.2 Å². The molecule has 1 unspecified atom stereocenters. The molecule has 1 saturated heterocycles. The molecule has 1 aromatic heterocycles. The van der Waals surface area contributed by atoms with E-state index in [1.165, 1.54) is 0 Å². The lowest BCUT2D eigenvalue weighted by atomic mass is 10.3. The molecule has 2 rings (SSSR count). The number of nitrogens with one attached hydrogen (secondary N) is 1. The molecule has 1 aliphatic heterocycles. The minimum atomic E-state index is -0.219. The lowest BCUT2D eigenvalue weighted by Gasteiger charge is -2.16. The zero-order valence-electron chi connectivity index (χ0n) is 8.14. The molecule has 0 aliphatic carbocycles. The molecular formula is C9H14N4O. The first-order chi connectivity index (χ1) is 6.79. The maximum atomic E-state index is 9.39. The van der Waals surface area contributed by atoms with E-state index in [-0.39, 0.29) is 6.10 Å². The van der Waals surface area contributed by atoms with Gasteiger partial charge in [0.1, 0.15) is 5.82 Å². The molecule has 2 heterocycles. The van der Waals surface area contributed by atoms with Crippen LogP contribution in [0.2, 0.25) is 0 Å². The minimum absolute atomic E-state index is 0.219. The van der Waals surface area contributed by atoms with Crippen LogP contribution in [0.3, 0.4) is 0 Å². The van der Waals surface area contributed by atoms with Crippen molar-refractivity contribution in [3.8, 4) is 0 Å². The van der Waals surface area contributed by atoms with Crippen molar-refractivity contribution in [3.05, 3.63) is 12.3 Å². The van der Waals surface area contributed by atoms with Gasteiger partial charge >= 0.3 is 0 Å². The maximum Gasteiger partial charge on any atom is 0.224 e. The number of aliphatic hydroxyl groups excluding tert-OH is 1. The molecule has 0 saturated carbocycles. The zero-order valence-corrected chi connectivity index (χ0v) is 8.14. The Kier molecular flexibility index (Phi) is 2.49. The second-order valence-corrected chi connectivity index (χ2v) is 3.38. The van der Waals surface area contributed by atoms with E-state index in [0.717, 1.165) is 18.8 Å². The second-order valence-electron chi connectivity index (χ2n) is 3.38. The Balaban J connectivity index is 2.15. The predicted octanol–water partition coefficient (Wildman–Crippen LogP) is 0.0893. The van der Waals surface area contributed by atoms with Crippen LogP contribution in [-0.4, -0.2) is 41.3 Å². The predicted molar refractivity (Wildman–Crippen MR) is 54.4 cm³/mol. The Morgan fingerprint density at radius 3 is 3.14 bits per heavy atom. The fourth-order valence-electron chi connectivity index (χ4n) is 1.60. The molecule has 0 aromatic carbocycles. The average Bonchev–Trinajstić information content (AvgIpc) is 2.65. The molecule has 0 bridgehead atoms. The third-order valence-electron chi connectivity index (χ3n) is 2.35. The van der Waals surface area contributed by atoms with E-state index in [9.17, 15) is 5.11 Å². The van der Waals surface area contributed by atoms with Crippen molar-refractivity contribution in [1.82, 2.24) is 9.97 Å². The average molecular weight is 194 g/mol. The van der Waals surface area contributed by atoms with Gasteiger partial charge in [0.15, 0.2) is 0 Å². The lowest BCUT2D eigenvalue weighted by Crippen LogP contribution is -2.22. The van der Waals surface area contributed by atoms with Crippen molar-refractivity contribution in [2.75, 3.05) is 30.4 Å². The highest BCUT2D eigenvalue weighted by molar-refractivity contribution is 5.43. The summed E-state index contributed by atoms with van der Waals surface area (Å²) in [5.41, 5.74) is 0. The standard InChI is InChI=1S/C9H14N4O/c1-10-9-11-4-2-8(12-9)13-5-3-7(14)6-13/h2,4,7,14H,3,5-6H2,1H3,(H,10,11,12). The molecule has 2 N–H and O–H groups in total. The monoisotopic (exact) mass is 194 g/mol. The number of hydrogen-bond acceptors (Lipinski definition) is 5. The van der Waals surface area contributed by atoms with Gasteiger partial charge in [0.05, 0.1) is 6.10 Å². The molecular weight excluding hydrogens is 180 g/mol. The SMILES string of the molecule is CNc1nccc(N2CCC(O)C2)n1. The topological polar surface area (TPSA) is 61.3 Å². The van der Waals surface area contributed by atoms with Crippen LogP contribution < -0.4 is 10.2 Å². The van der Waals surface area contributed by atoms with E-state index < -0.39 is 0 Å². The summed E-state index contributed by atoms with van der Waals surface area (Å²) in [5.74, 6) is 1.49. The van der Waals surface area contributed by atoms with Gasteiger partial charge in [-0.3, -0.25) is 0 Å². The van der Waals surface area contributed by atoms with Gasteiger partial charge in [0.25, 0.3) is 0 Å². The molecule has 5 heteroatoms. The summed E-state index contributed by atoms with van der Waals surface area (Å²) < 4.78 is 0. The maximum absolute atomic E-state index is 9.39. The number of hydrogen-bond donors (Lipinski definition) is 2. The molecule has 1 fully saturated rings. The van der Waals surface area contributed by atoms with Crippen molar-refractivity contribution in [2.24, 2.45) is 0 Å². The number of aromatic nitrogens is 2. The molecule has 1 atom stereocenters. The Morgan fingerprint density at radius 2 is 2.50 bits per heavy atom. The summed E-state index contributed by atoms with van der Waals surface area (Å²) in [5, 5.41) is 12.3. The summed E-state index contributed by atoms with van der Waals surface area (Å²) in [6, 6.07) is 1.86. The molecule has 0 amide bonds. The molecule has 14 heavy (non-hydrogen) atoms. The highest BCUT2D eigenvalue weighted by Crippen LogP contribution is 2.18. The highest BCUT2D eigenvalue weighted by atomic mass is 16.3. The van der Waals surface area contributed by atoms with Gasteiger partial charge in [-0.1, -0.05) is 0 Å². The first kappa shape index (κ1) is 9.21. The zero-order chi connectivity index (χ0) is 9.97. The van der Waals surface area contributed by atoms with Gasteiger partial charge < -0.3 is 15.3 Å². The minimum Gasteiger partial charge on any atom is -0.391 e. The summed E-state index contributed by atoms with van der Waals surface area (Å²) >= 11 is 0. The molecule has 76 valence electrons. The van der Waals surface area contributed by atoms with Gasteiger partial charge in [-0.25, -0.2) is 4.98 Å². The van der Waals surface area contributed by atoms with E-state index in [2.05, 4.69) is 20.2 Å². The normalized spacial score (nSPS) is 21.3. The van der Waals surface area contributed by atoms with E-state index in [1.807, 2.05) is 6.07 Å². The van der Waals surface area contributed by atoms with Gasteiger partial charge in [0.2, 0.25) is 5.95 Å². The van der Waals surface area contributed by atoms with Crippen molar-refractivity contribution in [3.63, 3.8) is 0 Å². The quantitative estimate of drug-likeness (QED) is 0.698. The number of anilines is 2. The highest BCUT2D eigenvalue weighted by Gasteiger charge is 2.21. The Hall–Kier alpha value is -1.36. The van der Waals surface area contributed by atoms with Crippen molar-refractivity contribution in [2.45, 2.75) is 12.5 Å². The molecule has 0 spiro atoms. The van der Waals surface area contributed by atoms with Crippen LogP contribution in [0, 0.1) is 0 Å². The Morgan fingerprint density at radius 1 is 1.64 bits per heavy atom. The van der Waals surface area contributed by atoms with Crippen LogP contribution >= 0.6 is 0 Å². The van der Waals surface area contributed by atoms with E-state index >= 15 is 0 Å². The largest absolute Gasteiger partial charge is 0.391 e. The molecule has 0 radical (unpaired) electrons. The number of β-amino-alcohol motifs (C(OH)–C–C–N with tert-alkyl or cyclic N) is 1. The van der Waals surface area contributed by atoms with E-state index in [0.29, 0.717) is 12.5 Å². The van der Waals surface area contributed by atoms with Crippen LogP contribution in [0.1, 0.15) is 6.42 Å². The lowest BCUT2D eigenvalue weighted by molar-refractivity contribution is 0.198. The van der Waals surface area contributed by atoms with Crippen LogP contribution in [0.25, 0.3) is 0 Å². The van der Waals surface area contributed by atoms with Crippen LogP contribution in [0.4, 0.5) is 11.8 Å². The van der Waals surface area contributed by atoms with Crippen molar-refractivity contribution in [1.29, 1.82) is 0 Å². The van der Waals surface area contributed by atoms with Crippen LogP contribution in [-0.2, 0) is 0 Å². The summed E-state index contributed by atoms with van der Waals surface area (Å²) in [6.07, 6.45) is 2.32. The Labute approximate surface area is 82.8 Å². The van der Waals surface area contributed by atoms with Crippen molar-refractivity contribution < 1.29 is 5.11 Å². The third kappa shape index (κ3) is 1.77.